The summed E-state index contributed by atoms with van der Waals surface area (Å²) in [6, 6.07) is 5.86. The molecule has 1 N–H and O–H groups in total. The van der Waals surface area contributed by atoms with Crippen molar-refractivity contribution in [2.75, 3.05) is 11.9 Å². The Balaban J connectivity index is 1.89. The predicted octanol–water partition coefficient (Wildman–Crippen LogP) is 4.48. The largest absolute Gasteiger partial charge is 0.462 e. The lowest BCUT2D eigenvalue weighted by molar-refractivity contribution is 0.0526. The number of amides is 1. The summed E-state index contributed by atoms with van der Waals surface area (Å²) >= 11 is 1.43. The number of nitrogens with one attached hydrogen (secondary N) is 1. The molecule has 1 amide bonds. The molecule has 1 aliphatic rings. The van der Waals surface area contributed by atoms with E-state index in [0.29, 0.717) is 22.0 Å². The normalized spacial score (nSPS) is 16.2. The van der Waals surface area contributed by atoms with E-state index in [9.17, 15) is 18.0 Å². The standard InChI is InChI=1S/C22H27NO5S2/c1-5-28-22(25)19-17-11-6-14(4)12-18(17)29-21(19)23-20(24)15-7-9-16(10-8-15)30(26,27)13(2)3/h7-10,13-14H,5-6,11-12H2,1-4H3,(H,23,24). The van der Waals surface area contributed by atoms with Gasteiger partial charge in [-0.05, 0) is 75.8 Å². The molecule has 0 aliphatic heterocycles. The summed E-state index contributed by atoms with van der Waals surface area (Å²) in [5.74, 6) is -0.274. The second-order valence-electron chi connectivity index (χ2n) is 7.85. The topological polar surface area (TPSA) is 89.5 Å². The molecule has 1 aromatic heterocycles. The summed E-state index contributed by atoms with van der Waals surface area (Å²) in [5, 5.41) is 2.81. The van der Waals surface area contributed by atoms with Gasteiger partial charge in [-0.3, -0.25) is 4.79 Å². The molecule has 2 aromatic rings. The quantitative estimate of drug-likeness (QED) is 0.657. The Kier molecular flexibility index (Phi) is 6.67. The van der Waals surface area contributed by atoms with Crippen LogP contribution < -0.4 is 5.32 Å². The molecule has 1 heterocycles. The van der Waals surface area contributed by atoms with Gasteiger partial charge in [0.2, 0.25) is 0 Å². The van der Waals surface area contributed by atoms with Crippen LogP contribution in [0.4, 0.5) is 5.00 Å². The first-order valence-electron chi connectivity index (χ1n) is 10.1. The first-order valence-corrected chi connectivity index (χ1v) is 12.5. The van der Waals surface area contributed by atoms with E-state index in [1.165, 1.54) is 35.6 Å². The van der Waals surface area contributed by atoms with Crippen molar-refractivity contribution in [1.82, 2.24) is 0 Å². The van der Waals surface area contributed by atoms with Crippen molar-refractivity contribution in [3.8, 4) is 0 Å². The molecule has 3 rings (SSSR count). The number of esters is 1. The fourth-order valence-corrected chi connectivity index (χ4v) is 5.96. The number of anilines is 1. The number of benzene rings is 1. The van der Waals surface area contributed by atoms with Crippen LogP contribution in [0.15, 0.2) is 29.2 Å². The minimum atomic E-state index is -3.40. The highest BCUT2D eigenvalue weighted by molar-refractivity contribution is 7.92. The highest BCUT2D eigenvalue weighted by Gasteiger charge is 2.29. The summed E-state index contributed by atoms with van der Waals surface area (Å²) in [6.45, 7) is 7.43. The maximum absolute atomic E-state index is 12.8. The van der Waals surface area contributed by atoms with E-state index in [-0.39, 0.29) is 17.4 Å². The Morgan fingerprint density at radius 2 is 1.90 bits per heavy atom. The van der Waals surface area contributed by atoms with E-state index < -0.39 is 21.1 Å². The SMILES string of the molecule is CCOC(=O)c1c(NC(=O)c2ccc(S(=O)(=O)C(C)C)cc2)sc2c1CCC(C)C2. The van der Waals surface area contributed by atoms with Crippen LogP contribution in [0.25, 0.3) is 0 Å². The second kappa shape index (κ2) is 8.89. The minimum Gasteiger partial charge on any atom is -0.462 e. The van der Waals surface area contributed by atoms with E-state index in [0.717, 1.165) is 29.7 Å². The molecule has 8 heteroatoms. The molecule has 0 radical (unpaired) electrons. The van der Waals surface area contributed by atoms with Crippen LogP contribution in [0, 0.1) is 5.92 Å². The van der Waals surface area contributed by atoms with Gasteiger partial charge in [0.15, 0.2) is 9.84 Å². The van der Waals surface area contributed by atoms with Gasteiger partial charge in [-0.15, -0.1) is 11.3 Å². The van der Waals surface area contributed by atoms with Crippen molar-refractivity contribution >= 4 is 38.1 Å². The lowest BCUT2D eigenvalue weighted by Crippen LogP contribution is -2.17. The molecule has 1 aliphatic carbocycles. The number of hydrogen-bond acceptors (Lipinski definition) is 6. The van der Waals surface area contributed by atoms with Crippen molar-refractivity contribution in [2.24, 2.45) is 5.92 Å². The molecule has 1 atom stereocenters. The van der Waals surface area contributed by atoms with E-state index >= 15 is 0 Å². The first kappa shape index (κ1) is 22.5. The molecule has 0 spiro atoms. The van der Waals surface area contributed by atoms with Crippen molar-refractivity contribution < 1.29 is 22.7 Å². The van der Waals surface area contributed by atoms with Crippen LogP contribution in [-0.4, -0.2) is 32.2 Å². The Morgan fingerprint density at radius 1 is 1.23 bits per heavy atom. The highest BCUT2D eigenvalue weighted by atomic mass is 32.2. The van der Waals surface area contributed by atoms with Gasteiger partial charge in [-0.1, -0.05) is 6.92 Å². The van der Waals surface area contributed by atoms with Gasteiger partial charge in [0.1, 0.15) is 5.00 Å². The maximum Gasteiger partial charge on any atom is 0.341 e. The number of sulfone groups is 1. The molecule has 162 valence electrons. The molecule has 6 nitrogen and oxygen atoms in total. The van der Waals surface area contributed by atoms with Crippen LogP contribution in [0.5, 0.6) is 0 Å². The summed E-state index contributed by atoms with van der Waals surface area (Å²) in [4.78, 5) is 26.7. The predicted molar refractivity (Wildman–Crippen MR) is 118 cm³/mol. The number of fused-ring (bicyclic) bond motifs is 1. The number of thiophene rings is 1. The van der Waals surface area contributed by atoms with Gasteiger partial charge in [-0.2, -0.15) is 0 Å². The van der Waals surface area contributed by atoms with Gasteiger partial charge in [0.05, 0.1) is 22.3 Å². The number of ether oxygens (including phenoxy) is 1. The van der Waals surface area contributed by atoms with Gasteiger partial charge in [-0.25, -0.2) is 13.2 Å². The second-order valence-corrected chi connectivity index (χ2v) is 11.5. The van der Waals surface area contributed by atoms with Crippen molar-refractivity contribution in [3.05, 3.63) is 45.8 Å². The summed E-state index contributed by atoms with van der Waals surface area (Å²) in [6.07, 6.45) is 2.66. The van der Waals surface area contributed by atoms with Gasteiger partial charge in [0, 0.05) is 10.4 Å². The minimum absolute atomic E-state index is 0.182. The molecule has 0 saturated carbocycles. The van der Waals surface area contributed by atoms with E-state index in [1.807, 2.05) is 0 Å². The van der Waals surface area contributed by atoms with Crippen molar-refractivity contribution in [2.45, 2.75) is 57.1 Å². The molecule has 0 bridgehead atoms. The summed E-state index contributed by atoms with van der Waals surface area (Å²) in [7, 11) is -3.40. The average molecular weight is 450 g/mol. The fraction of sp³-hybridized carbons (Fsp3) is 0.455. The molecule has 1 unspecified atom stereocenters. The van der Waals surface area contributed by atoms with Crippen LogP contribution >= 0.6 is 11.3 Å². The Morgan fingerprint density at radius 3 is 2.50 bits per heavy atom. The van der Waals surface area contributed by atoms with E-state index in [4.69, 9.17) is 4.74 Å². The van der Waals surface area contributed by atoms with Crippen LogP contribution in [-0.2, 0) is 27.4 Å². The number of hydrogen-bond donors (Lipinski definition) is 1. The third-order valence-corrected chi connectivity index (χ3v) is 8.62. The Bertz CT molecular complexity index is 1050. The van der Waals surface area contributed by atoms with E-state index in [1.54, 1.807) is 20.8 Å². The third-order valence-electron chi connectivity index (χ3n) is 5.28. The Labute approximate surface area is 181 Å². The molecular weight excluding hydrogens is 422 g/mol. The van der Waals surface area contributed by atoms with Crippen molar-refractivity contribution in [3.63, 3.8) is 0 Å². The zero-order valence-electron chi connectivity index (χ0n) is 17.7. The molecular formula is C22H27NO5S2. The Hall–Kier alpha value is -2.19. The maximum atomic E-state index is 12.8. The first-order chi connectivity index (χ1) is 14.1. The van der Waals surface area contributed by atoms with Crippen molar-refractivity contribution in [1.29, 1.82) is 0 Å². The molecule has 1 aromatic carbocycles. The zero-order valence-corrected chi connectivity index (χ0v) is 19.3. The monoisotopic (exact) mass is 449 g/mol. The average Bonchev–Trinajstić information content (AvgIpc) is 3.04. The summed E-state index contributed by atoms with van der Waals surface area (Å²) < 4.78 is 29.8. The summed E-state index contributed by atoms with van der Waals surface area (Å²) in [5.41, 5.74) is 1.76. The van der Waals surface area contributed by atoms with E-state index in [2.05, 4.69) is 12.2 Å². The van der Waals surface area contributed by atoms with Gasteiger partial charge < -0.3 is 10.1 Å². The number of carbonyl (C=O) groups excluding carboxylic acids is 2. The fourth-order valence-electron chi connectivity index (χ4n) is 3.50. The van der Waals surface area contributed by atoms with Crippen LogP contribution in [0.3, 0.4) is 0 Å². The lowest BCUT2D eigenvalue weighted by Gasteiger charge is -2.18. The molecule has 0 saturated heterocycles. The molecule has 30 heavy (non-hydrogen) atoms. The molecule has 0 fully saturated rings. The van der Waals surface area contributed by atoms with Gasteiger partial charge >= 0.3 is 5.97 Å². The van der Waals surface area contributed by atoms with Crippen LogP contribution in [0.1, 0.15) is 65.3 Å². The number of rotatable bonds is 6. The number of carbonyl (C=O) groups is 2. The van der Waals surface area contributed by atoms with Gasteiger partial charge in [0.25, 0.3) is 5.91 Å². The smallest absolute Gasteiger partial charge is 0.341 e. The third kappa shape index (κ3) is 4.44. The lowest BCUT2D eigenvalue weighted by atomic mass is 9.88. The van der Waals surface area contributed by atoms with Crippen LogP contribution in [0.2, 0.25) is 0 Å². The highest BCUT2D eigenvalue weighted by Crippen LogP contribution is 2.40. The zero-order chi connectivity index (χ0) is 22.1.